The number of amides is 1. The van der Waals surface area contributed by atoms with Crippen molar-refractivity contribution in [2.45, 2.75) is 25.1 Å². The molecule has 1 atom stereocenters. The van der Waals surface area contributed by atoms with E-state index in [1.807, 2.05) is 54.0 Å². The molecule has 3 heterocycles. The first-order chi connectivity index (χ1) is 13.5. The lowest BCUT2D eigenvalue weighted by Crippen LogP contribution is -2.44. The maximum Gasteiger partial charge on any atom is 0.331 e. The minimum atomic E-state index is -0.985. The van der Waals surface area contributed by atoms with Crippen LogP contribution >= 0.6 is 11.8 Å². The van der Waals surface area contributed by atoms with E-state index < -0.39 is 12.0 Å². The maximum atomic E-state index is 12.7. The molecule has 1 aliphatic heterocycles. The molecule has 2 aromatic heterocycles. The van der Waals surface area contributed by atoms with Gasteiger partial charge in [0.2, 0.25) is 5.91 Å². The van der Waals surface area contributed by atoms with E-state index in [1.165, 1.54) is 16.7 Å². The highest BCUT2D eigenvalue weighted by molar-refractivity contribution is 7.99. The average molecular weight is 395 g/mol. The number of aryl methyl sites for hydroxylation is 1. The SMILES string of the molecule is Cc1ccc2nc(CSCC(=O)N3CCc4ccccc4C3C(=O)O)cn2c1. The largest absolute Gasteiger partial charge is 0.479 e. The van der Waals surface area contributed by atoms with Crippen molar-refractivity contribution in [1.82, 2.24) is 14.3 Å². The zero-order valence-electron chi connectivity index (χ0n) is 15.5. The number of carboxylic acids is 1. The van der Waals surface area contributed by atoms with E-state index >= 15 is 0 Å². The van der Waals surface area contributed by atoms with Crippen molar-refractivity contribution < 1.29 is 14.7 Å². The van der Waals surface area contributed by atoms with E-state index in [4.69, 9.17) is 0 Å². The van der Waals surface area contributed by atoms with Crippen molar-refractivity contribution >= 4 is 29.3 Å². The van der Waals surface area contributed by atoms with Crippen LogP contribution in [0.25, 0.3) is 5.65 Å². The minimum Gasteiger partial charge on any atom is -0.479 e. The molecule has 0 radical (unpaired) electrons. The number of rotatable bonds is 5. The first-order valence-electron chi connectivity index (χ1n) is 9.15. The Kier molecular flexibility index (Phi) is 5.09. The molecule has 6 nitrogen and oxygen atoms in total. The molecular weight excluding hydrogens is 374 g/mol. The summed E-state index contributed by atoms with van der Waals surface area (Å²) in [7, 11) is 0. The van der Waals surface area contributed by atoms with Crippen molar-refractivity contribution in [1.29, 1.82) is 0 Å². The molecule has 28 heavy (non-hydrogen) atoms. The Labute approximate surface area is 167 Å². The third-order valence-corrected chi connectivity index (χ3v) is 5.91. The molecule has 1 amide bonds. The number of nitrogens with zero attached hydrogens (tertiary/aromatic N) is 3. The van der Waals surface area contributed by atoms with Gasteiger partial charge in [-0.15, -0.1) is 11.8 Å². The first kappa shape index (κ1) is 18.6. The summed E-state index contributed by atoms with van der Waals surface area (Å²) in [4.78, 5) is 30.6. The number of aliphatic carboxylic acids is 1. The number of fused-ring (bicyclic) bond motifs is 2. The summed E-state index contributed by atoms with van der Waals surface area (Å²) < 4.78 is 1.98. The van der Waals surface area contributed by atoms with Crippen molar-refractivity contribution in [2.24, 2.45) is 0 Å². The van der Waals surface area contributed by atoms with Gasteiger partial charge in [-0.1, -0.05) is 30.3 Å². The van der Waals surface area contributed by atoms with Gasteiger partial charge < -0.3 is 14.4 Å². The van der Waals surface area contributed by atoms with Crippen molar-refractivity contribution in [3.05, 3.63) is 71.2 Å². The van der Waals surface area contributed by atoms with Gasteiger partial charge in [-0.3, -0.25) is 4.79 Å². The highest BCUT2D eigenvalue weighted by Crippen LogP contribution is 2.30. The summed E-state index contributed by atoms with van der Waals surface area (Å²) in [5.74, 6) is -0.291. The van der Waals surface area contributed by atoms with Crippen molar-refractivity contribution in [3.63, 3.8) is 0 Å². The third-order valence-electron chi connectivity index (χ3n) is 4.96. The smallest absolute Gasteiger partial charge is 0.331 e. The molecule has 1 aromatic carbocycles. The number of carboxylic acid groups (broad SMARTS) is 1. The number of pyridine rings is 1. The van der Waals surface area contributed by atoms with E-state index in [0.29, 0.717) is 18.7 Å². The van der Waals surface area contributed by atoms with Crippen LogP contribution in [0, 0.1) is 6.92 Å². The molecule has 1 unspecified atom stereocenters. The molecule has 7 heteroatoms. The molecule has 1 aliphatic rings. The van der Waals surface area contributed by atoms with Gasteiger partial charge in [-0.2, -0.15) is 0 Å². The maximum absolute atomic E-state index is 12.7. The number of carbonyl (C=O) groups excluding carboxylic acids is 1. The molecule has 0 bridgehead atoms. The van der Waals surface area contributed by atoms with Gasteiger partial charge >= 0.3 is 5.97 Å². The molecule has 0 saturated heterocycles. The number of hydrogen-bond acceptors (Lipinski definition) is 4. The van der Waals surface area contributed by atoms with E-state index in [-0.39, 0.29) is 11.7 Å². The molecule has 1 N–H and O–H groups in total. The lowest BCUT2D eigenvalue weighted by atomic mass is 9.92. The van der Waals surface area contributed by atoms with Gasteiger partial charge in [0, 0.05) is 24.7 Å². The van der Waals surface area contributed by atoms with Crippen LogP contribution in [0.1, 0.15) is 28.4 Å². The summed E-state index contributed by atoms with van der Waals surface area (Å²) in [6.07, 6.45) is 4.67. The monoisotopic (exact) mass is 395 g/mol. The normalized spacial score (nSPS) is 16.2. The van der Waals surface area contributed by atoms with Crippen LogP contribution in [0.15, 0.2) is 48.8 Å². The summed E-state index contributed by atoms with van der Waals surface area (Å²) >= 11 is 1.46. The van der Waals surface area contributed by atoms with E-state index in [0.717, 1.165) is 28.0 Å². The van der Waals surface area contributed by atoms with Gasteiger partial charge in [0.15, 0.2) is 6.04 Å². The van der Waals surface area contributed by atoms with Crippen LogP contribution in [0.5, 0.6) is 0 Å². The van der Waals surface area contributed by atoms with Gasteiger partial charge in [0.1, 0.15) is 5.65 Å². The molecule has 4 rings (SSSR count). The topological polar surface area (TPSA) is 74.9 Å². The molecule has 0 saturated carbocycles. The molecule has 3 aromatic rings. The number of benzene rings is 1. The fraction of sp³-hybridized carbons (Fsp3) is 0.286. The predicted octanol–water partition coefficient (Wildman–Crippen LogP) is 3.09. The Morgan fingerprint density at radius 1 is 1.21 bits per heavy atom. The van der Waals surface area contributed by atoms with Crippen LogP contribution in [0.3, 0.4) is 0 Å². The van der Waals surface area contributed by atoms with Gasteiger partial charge in [0.25, 0.3) is 0 Å². The number of carbonyl (C=O) groups is 2. The second-order valence-corrected chi connectivity index (χ2v) is 7.96. The van der Waals surface area contributed by atoms with Crippen LogP contribution in [-0.4, -0.2) is 43.6 Å². The Balaban J connectivity index is 1.42. The molecule has 0 spiro atoms. The Hall–Kier alpha value is -2.80. The second-order valence-electron chi connectivity index (χ2n) is 6.97. The second kappa shape index (κ2) is 7.67. The van der Waals surface area contributed by atoms with Crippen molar-refractivity contribution in [2.75, 3.05) is 12.3 Å². The Morgan fingerprint density at radius 2 is 2.04 bits per heavy atom. The molecular formula is C21H21N3O3S. The molecule has 0 fully saturated rings. The van der Waals surface area contributed by atoms with Gasteiger partial charge in [-0.05, 0) is 36.1 Å². The van der Waals surface area contributed by atoms with Crippen LogP contribution in [-0.2, 0) is 21.8 Å². The number of thioether (sulfide) groups is 1. The first-order valence-corrected chi connectivity index (χ1v) is 10.3. The number of imidazole rings is 1. The summed E-state index contributed by atoms with van der Waals surface area (Å²) in [5, 5.41) is 9.70. The minimum absolute atomic E-state index is 0.147. The number of aromatic nitrogens is 2. The van der Waals surface area contributed by atoms with E-state index in [2.05, 4.69) is 4.98 Å². The number of hydrogen-bond donors (Lipinski definition) is 1. The standard InChI is InChI=1S/C21H21N3O3S/c1-14-6-7-18-22-16(11-23(18)10-14)12-28-13-19(25)24-9-8-15-4-2-3-5-17(15)20(24)21(26)27/h2-7,10-11,20H,8-9,12-13H2,1H3,(H,26,27). The fourth-order valence-corrected chi connectivity index (χ4v) is 4.44. The van der Waals surface area contributed by atoms with Gasteiger partial charge in [0.05, 0.1) is 11.4 Å². The Bertz CT molecular complexity index is 1050. The van der Waals surface area contributed by atoms with Crippen LogP contribution in [0.4, 0.5) is 0 Å². The summed E-state index contributed by atoms with van der Waals surface area (Å²) in [6.45, 7) is 2.46. The summed E-state index contributed by atoms with van der Waals surface area (Å²) in [5.41, 5.74) is 4.67. The zero-order chi connectivity index (χ0) is 19.7. The zero-order valence-corrected chi connectivity index (χ0v) is 16.4. The van der Waals surface area contributed by atoms with Crippen LogP contribution in [0.2, 0.25) is 0 Å². The van der Waals surface area contributed by atoms with Gasteiger partial charge in [-0.25, -0.2) is 9.78 Å². The highest BCUT2D eigenvalue weighted by atomic mass is 32.2. The third kappa shape index (κ3) is 3.62. The van der Waals surface area contributed by atoms with Crippen molar-refractivity contribution in [3.8, 4) is 0 Å². The molecule has 144 valence electrons. The fourth-order valence-electron chi connectivity index (χ4n) is 3.65. The summed E-state index contributed by atoms with van der Waals surface area (Å²) in [6, 6.07) is 10.5. The van der Waals surface area contributed by atoms with Crippen LogP contribution < -0.4 is 0 Å². The lowest BCUT2D eigenvalue weighted by Gasteiger charge is -2.34. The lowest BCUT2D eigenvalue weighted by molar-refractivity contribution is -0.150. The quantitative estimate of drug-likeness (QED) is 0.719. The highest BCUT2D eigenvalue weighted by Gasteiger charge is 2.35. The average Bonchev–Trinajstić information content (AvgIpc) is 3.08. The van der Waals surface area contributed by atoms with E-state index in [9.17, 15) is 14.7 Å². The molecule has 0 aliphatic carbocycles. The predicted molar refractivity (Wildman–Crippen MR) is 108 cm³/mol. The Morgan fingerprint density at radius 3 is 2.86 bits per heavy atom. The van der Waals surface area contributed by atoms with E-state index in [1.54, 1.807) is 6.07 Å².